The van der Waals surface area contributed by atoms with Crippen molar-refractivity contribution in [3.63, 3.8) is 0 Å². The van der Waals surface area contributed by atoms with E-state index in [2.05, 4.69) is 49.4 Å². The topological polar surface area (TPSA) is 33.6 Å². The van der Waals surface area contributed by atoms with Gasteiger partial charge < -0.3 is 0 Å². The fourth-order valence-corrected chi connectivity index (χ4v) is 2.74. The van der Waals surface area contributed by atoms with Gasteiger partial charge in [-0.3, -0.25) is 9.67 Å². The maximum atomic E-state index is 5.35. The van der Waals surface area contributed by atoms with E-state index in [0.717, 1.165) is 10.6 Å². The number of aromatic amines is 1. The Morgan fingerprint density at radius 3 is 2.18 bits per heavy atom. The number of hydrogen-bond donors (Lipinski definition) is 1. The van der Waals surface area contributed by atoms with E-state index in [4.69, 9.17) is 12.2 Å². The van der Waals surface area contributed by atoms with E-state index in [1.54, 1.807) is 0 Å². The molecule has 1 aromatic rings. The summed E-state index contributed by atoms with van der Waals surface area (Å²) in [7, 11) is 0. The third-order valence-corrected chi connectivity index (χ3v) is 3.28. The van der Waals surface area contributed by atoms with Crippen LogP contribution in [0.3, 0.4) is 0 Å². The maximum Gasteiger partial charge on any atom is 0.195 e. The van der Waals surface area contributed by atoms with E-state index in [-0.39, 0.29) is 5.54 Å². The summed E-state index contributed by atoms with van der Waals surface area (Å²) in [5, 5.41) is 7.42. The molecular formula is C13H25N3S. The fraction of sp³-hybridized carbons (Fsp3) is 0.846. The van der Waals surface area contributed by atoms with Crippen LogP contribution in [0.15, 0.2) is 0 Å². The SMILES string of the molecule is CCCC(CCC)c1n[nH]c(=S)n1C(C)(C)C. The van der Waals surface area contributed by atoms with Crippen LogP contribution in [0.1, 0.15) is 72.0 Å². The zero-order valence-electron chi connectivity index (χ0n) is 11.7. The van der Waals surface area contributed by atoms with Crippen molar-refractivity contribution >= 4 is 12.2 Å². The Morgan fingerprint density at radius 2 is 1.76 bits per heavy atom. The van der Waals surface area contributed by atoms with Crippen LogP contribution in [0.25, 0.3) is 0 Å². The number of aromatic nitrogens is 3. The van der Waals surface area contributed by atoms with Gasteiger partial charge in [0, 0.05) is 11.5 Å². The summed E-state index contributed by atoms with van der Waals surface area (Å²) in [6.45, 7) is 11.0. The van der Waals surface area contributed by atoms with E-state index in [9.17, 15) is 0 Å². The van der Waals surface area contributed by atoms with Crippen LogP contribution in [-0.2, 0) is 5.54 Å². The lowest BCUT2D eigenvalue weighted by atomic mass is 9.96. The molecule has 1 N–H and O–H groups in total. The fourth-order valence-electron chi connectivity index (χ4n) is 2.33. The molecule has 1 aromatic heterocycles. The molecule has 0 saturated heterocycles. The first-order chi connectivity index (χ1) is 7.91. The molecule has 0 atom stereocenters. The first-order valence-corrected chi connectivity index (χ1v) is 7.00. The van der Waals surface area contributed by atoms with Crippen LogP contribution in [0.5, 0.6) is 0 Å². The molecule has 0 unspecified atom stereocenters. The normalized spacial score (nSPS) is 12.4. The van der Waals surface area contributed by atoms with Crippen LogP contribution < -0.4 is 0 Å². The minimum absolute atomic E-state index is 0.000844. The van der Waals surface area contributed by atoms with Gasteiger partial charge in [0.2, 0.25) is 0 Å². The Morgan fingerprint density at radius 1 is 1.24 bits per heavy atom. The predicted molar refractivity (Wildman–Crippen MR) is 75.0 cm³/mol. The van der Waals surface area contributed by atoms with Gasteiger partial charge in [-0.05, 0) is 45.8 Å². The summed E-state index contributed by atoms with van der Waals surface area (Å²) >= 11 is 5.35. The summed E-state index contributed by atoms with van der Waals surface area (Å²) in [6, 6.07) is 0. The smallest absolute Gasteiger partial charge is 0.195 e. The molecule has 0 saturated carbocycles. The Kier molecular flexibility index (Phi) is 4.92. The molecule has 0 aliphatic rings. The number of H-pyrrole nitrogens is 1. The van der Waals surface area contributed by atoms with Gasteiger partial charge in [-0.1, -0.05) is 26.7 Å². The molecule has 1 rings (SSSR count). The molecule has 0 bridgehead atoms. The van der Waals surface area contributed by atoms with E-state index < -0.39 is 0 Å². The standard InChI is InChI=1S/C13H25N3S/c1-6-8-10(9-7-2)11-14-15-12(17)16(11)13(3,4)5/h10H,6-9H2,1-5H3,(H,15,17). The molecule has 17 heavy (non-hydrogen) atoms. The Bertz CT molecular complexity index is 392. The van der Waals surface area contributed by atoms with Crippen molar-refractivity contribution < 1.29 is 0 Å². The lowest BCUT2D eigenvalue weighted by molar-refractivity contribution is 0.358. The van der Waals surface area contributed by atoms with Crippen LogP contribution >= 0.6 is 12.2 Å². The minimum Gasteiger partial charge on any atom is -0.299 e. The van der Waals surface area contributed by atoms with E-state index in [1.165, 1.54) is 25.7 Å². The first-order valence-electron chi connectivity index (χ1n) is 6.59. The molecule has 4 heteroatoms. The highest BCUT2D eigenvalue weighted by Gasteiger charge is 2.24. The third kappa shape index (κ3) is 3.41. The second kappa shape index (κ2) is 5.80. The second-order valence-electron chi connectivity index (χ2n) is 5.67. The Balaban J connectivity index is 3.15. The van der Waals surface area contributed by atoms with Crippen molar-refractivity contribution in [1.82, 2.24) is 14.8 Å². The first kappa shape index (κ1) is 14.4. The lowest BCUT2D eigenvalue weighted by Crippen LogP contribution is -2.25. The number of hydrogen-bond acceptors (Lipinski definition) is 2. The molecule has 3 nitrogen and oxygen atoms in total. The van der Waals surface area contributed by atoms with Crippen molar-refractivity contribution in [2.24, 2.45) is 0 Å². The molecule has 0 aliphatic carbocycles. The van der Waals surface area contributed by atoms with Crippen LogP contribution in [0, 0.1) is 4.77 Å². The van der Waals surface area contributed by atoms with Crippen LogP contribution in [-0.4, -0.2) is 14.8 Å². The van der Waals surface area contributed by atoms with Crippen molar-refractivity contribution in [2.75, 3.05) is 0 Å². The molecule has 0 spiro atoms. The minimum atomic E-state index is -0.000844. The van der Waals surface area contributed by atoms with Gasteiger partial charge in [-0.15, -0.1) is 0 Å². The second-order valence-corrected chi connectivity index (χ2v) is 6.05. The van der Waals surface area contributed by atoms with Gasteiger partial charge >= 0.3 is 0 Å². The largest absolute Gasteiger partial charge is 0.299 e. The molecule has 0 aromatic carbocycles. The summed E-state index contributed by atoms with van der Waals surface area (Å²) in [6.07, 6.45) is 4.75. The number of nitrogens with one attached hydrogen (secondary N) is 1. The van der Waals surface area contributed by atoms with Crippen molar-refractivity contribution in [3.05, 3.63) is 10.6 Å². The van der Waals surface area contributed by atoms with Crippen LogP contribution in [0.2, 0.25) is 0 Å². The van der Waals surface area contributed by atoms with Gasteiger partial charge in [0.05, 0.1) is 0 Å². The van der Waals surface area contributed by atoms with E-state index >= 15 is 0 Å². The Hall–Kier alpha value is -0.640. The molecule has 98 valence electrons. The van der Waals surface area contributed by atoms with Gasteiger partial charge in [-0.25, -0.2) is 0 Å². The Labute approximate surface area is 110 Å². The number of rotatable bonds is 5. The zero-order valence-corrected chi connectivity index (χ0v) is 12.5. The van der Waals surface area contributed by atoms with E-state index in [1.807, 2.05) is 0 Å². The van der Waals surface area contributed by atoms with Crippen LogP contribution in [0.4, 0.5) is 0 Å². The average molecular weight is 255 g/mol. The number of nitrogens with zero attached hydrogens (tertiary/aromatic N) is 2. The molecular weight excluding hydrogens is 230 g/mol. The molecule has 0 aliphatic heterocycles. The van der Waals surface area contributed by atoms with Gasteiger partial charge in [-0.2, -0.15) is 5.10 Å². The summed E-state index contributed by atoms with van der Waals surface area (Å²) in [5.74, 6) is 1.66. The predicted octanol–water partition coefficient (Wildman–Crippen LogP) is 4.38. The molecule has 0 radical (unpaired) electrons. The quantitative estimate of drug-likeness (QED) is 0.792. The zero-order chi connectivity index (χ0) is 13.1. The average Bonchev–Trinajstić information content (AvgIpc) is 2.59. The summed E-state index contributed by atoms with van der Waals surface area (Å²) in [4.78, 5) is 0. The highest BCUT2D eigenvalue weighted by atomic mass is 32.1. The summed E-state index contributed by atoms with van der Waals surface area (Å²) in [5.41, 5.74) is -0.000844. The van der Waals surface area contributed by atoms with Gasteiger partial charge in [0.15, 0.2) is 4.77 Å². The highest BCUT2D eigenvalue weighted by molar-refractivity contribution is 7.71. The van der Waals surface area contributed by atoms with Crippen molar-refractivity contribution in [1.29, 1.82) is 0 Å². The monoisotopic (exact) mass is 255 g/mol. The summed E-state index contributed by atoms with van der Waals surface area (Å²) < 4.78 is 2.92. The molecule has 0 fully saturated rings. The highest BCUT2D eigenvalue weighted by Crippen LogP contribution is 2.28. The van der Waals surface area contributed by atoms with Crippen molar-refractivity contribution in [3.8, 4) is 0 Å². The maximum absolute atomic E-state index is 5.35. The lowest BCUT2D eigenvalue weighted by Gasteiger charge is -2.25. The molecule has 0 amide bonds. The molecule has 1 heterocycles. The van der Waals surface area contributed by atoms with Gasteiger partial charge in [0.1, 0.15) is 5.82 Å². The van der Waals surface area contributed by atoms with E-state index in [0.29, 0.717) is 5.92 Å². The van der Waals surface area contributed by atoms with Gasteiger partial charge in [0.25, 0.3) is 0 Å². The third-order valence-electron chi connectivity index (χ3n) is 3.01. The van der Waals surface area contributed by atoms with Crippen molar-refractivity contribution in [2.45, 2.75) is 71.8 Å².